The summed E-state index contributed by atoms with van der Waals surface area (Å²) < 4.78 is 26.0. The van der Waals surface area contributed by atoms with E-state index >= 15 is 0 Å². The molecule has 0 aromatic carbocycles. The van der Waals surface area contributed by atoms with Crippen LogP contribution >= 0.6 is 0 Å². The summed E-state index contributed by atoms with van der Waals surface area (Å²) in [5, 5.41) is 6.43. The van der Waals surface area contributed by atoms with Crippen molar-refractivity contribution in [3.63, 3.8) is 0 Å². The van der Waals surface area contributed by atoms with E-state index in [1.54, 1.807) is 18.2 Å². The number of hydrogen-bond acceptors (Lipinski definition) is 4. The monoisotopic (exact) mass is 247 g/mol. The molecule has 0 amide bonds. The minimum atomic E-state index is -3.19. The van der Waals surface area contributed by atoms with Crippen molar-refractivity contribution in [3.8, 4) is 0 Å². The van der Waals surface area contributed by atoms with Crippen LogP contribution in [0.5, 0.6) is 0 Å². The highest BCUT2D eigenvalue weighted by Gasteiger charge is 2.43. The van der Waals surface area contributed by atoms with Crippen molar-refractivity contribution >= 4 is 10.0 Å². The Balaban J connectivity index is 2.28. The summed E-state index contributed by atoms with van der Waals surface area (Å²) in [6, 6.07) is 0.143. The third-order valence-electron chi connectivity index (χ3n) is 3.51. The molecule has 2 saturated heterocycles. The highest BCUT2D eigenvalue weighted by molar-refractivity contribution is 7.90. The van der Waals surface area contributed by atoms with E-state index in [0.717, 1.165) is 26.1 Å². The first kappa shape index (κ1) is 12.3. The molecule has 0 bridgehead atoms. The van der Waals surface area contributed by atoms with Crippen LogP contribution in [0, 0.1) is 0 Å². The van der Waals surface area contributed by atoms with E-state index in [0.29, 0.717) is 13.1 Å². The Hall–Kier alpha value is -0.170. The molecule has 0 aliphatic carbocycles. The average molecular weight is 247 g/mol. The maximum Gasteiger partial charge on any atom is 0.220 e. The zero-order valence-electron chi connectivity index (χ0n) is 9.99. The van der Waals surface area contributed by atoms with Crippen LogP contribution < -0.4 is 10.6 Å². The minimum absolute atomic E-state index is 0.143. The first-order valence-corrected chi connectivity index (χ1v) is 7.32. The lowest BCUT2D eigenvalue weighted by atomic mass is 10.2. The van der Waals surface area contributed by atoms with Crippen molar-refractivity contribution in [1.29, 1.82) is 0 Å². The maximum absolute atomic E-state index is 12.5. The predicted molar refractivity (Wildman–Crippen MR) is 63.8 cm³/mol. The van der Waals surface area contributed by atoms with E-state index in [9.17, 15) is 8.42 Å². The Morgan fingerprint density at radius 1 is 1.25 bits per heavy atom. The maximum atomic E-state index is 12.5. The van der Waals surface area contributed by atoms with Crippen LogP contribution in [-0.2, 0) is 10.0 Å². The molecule has 94 valence electrons. The minimum Gasteiger partial charge on any atom is -0.315 e. The van der Waals surface area contributed by atoms with Gasteiger partial charge in [-0.25, -0.2) is 8.42 Å². The summed E-state index contributed by atoms with van der Waals surface area (Å²) in [4.78, 5) is 0. The van der Waals surface area contributed by atoms with Crippen molar-refractivity contribution < 1.29 is 8.42 Å². The lowest BCUT2D eigenvalue weighted by molar-refractivity contribution is 0.337. The molecule has 5 nitrogen and oxygen atoms in total. The third-order valence-corrected chi connectivity index (χ3v) is 6.15. The van der Waals surface area contributed by atoms with Gasteiger partial charge in [0, 0.05) is 32.2 Å². The zero-order valence-corrected chi connectivity index (χ0v) is 10.8. The molecule has 2 heterocycles. The Kier molecular flexibility index (Phi) is 3.27. The SMILES string of the molecule is CC1(C)CNCCN(C2CCNC2)S1(=O)=O. The fraction of sp³-hybridized carbons (Fsp3) is 1.00. The lowest BCUT2D eigenvalue weighted by Gasteiger charge is -2.32. The van der Waals surface area contributed by atoms with Gasteiger partial charge in [0.2, 0.25) is 10.0 Å². The van der Waals surface area contributed by atoms with E-state index in [-0.39, 0.29) is 6.04 Å². The number of nitrogens with zero attached hydrogens (tertiary/aromatic N) is 1. The topological polar surface area (TPSA) is 61.4 Å². The summed E-state index contributed by atoms with van der Waals surface area (Å²) in [6.07, 6.45) is 0.926. The summed E-state index contributed by atoms with van der Waals surface area (Å²) >= 11 is 0. The third kappa shape index (κ3) is 1.99. The molecule has 0 aromatic rings. The molecule has 2 N–H and O–H groups in total. The fourth-order valence-corrected chi connectivity index (χ4v) is 4.19. The molecule has 2 rings (SSSR count). The van der Waals surface area contributed by atoms with E-state index in [1.807, 2.05) is 0 Å². The first-order valence-electron chi connectivity index (χ1n) is 5.88. The molecule has 1 unspecified atom stereocenters. The summed E-state index contributed by atoms with van der Waals surface area (Å²) in [6.45, 7) is 7.19. The van der Waals surface area contributed by atoms with E-state index in [4.69, 9.17) is 0 Å². The van der Waals surface area contributed by atoms with Gasteiger partial charge in [-0.1, -0.05) is 0 Å². The van der Waals surface area contributed by atoms with Gasteiger partial charge in [0.1, 0.15) is 0 Å². The molecular formula is C10H21N3O2S. The molecule has 1 atom stereocenters. The number of rotatable bonds is 1. The second kappa shape index (κ2) is 4.25. The lowest BCUT2D eigenvalue weighted by Crippen LogP contribution is -2.50. The number of nitrogens with one attached hydrogen (secondary N) is 2. The van der Waals surface area contributed by atoms with E-state index in [2.05, 4.69) is 10.6 Å². The molecule has 2 fully saturated rings. The van der Waals surface area contributed by atoms with Gasteiger partial charge in [0.05, 0.1) is 4.75 Å². The van der Waals surface area contributed by atoms with Crippen molar-refractivity contribution in [2.75, 3.05) is 32.7 Å². The molecule has 0 aromatic heterocycles. The van der Waals surface area contributed by atoms with Gasteiger partial charge >= 0.3 is 0 Å². The van der Waals surface area contributed by atoms with Gasteiger partial charge in [-0.15, -0.1) is 0 Å². The van der Waals surface area contributed by atoms with Crippen LogP contribution in [0.15, 0.2) is 0 Å². The highest BCUT2D eigenvalue weighted by atomic mass is 32.2. The Morgan fingerprint density at radius 3 is 2.62 bits per heavy atom. The van der Waals surface area contributed by atoms with Crippen LogP contribution in [-0.4, -0.2) is 56.2 Å². The summed E-state index contributed by atoms with van der Waals surface area (Å²) in [5.41, 5.74) is 0. The molecule has 16 heavy (non-hydrogen) atoms. The number of hydrogen-bond donors (Lipinski definition) is 2. The predicted octanol–water partition coefficient (Wildman–Crippen LogP) is -0.638. The van der Waals surface area contributed by atoms with Gasteiger partial charge < -0.3 is 10.6 Å². The smallest absolute Gasteiger partial charge is 0.220 e. The normalized spacial score (nSPS) is 34.8. The van der Waals surface area contributed by atoms with Crippen molar-refractivity contribution in [2.24, 2.45) is 0 Å². The molecule has 2 aliphatic rings. The largest absolute Gasteiger partial charge is 0.315 e. The summed E-state index contributed by atoms with van der Waals surface area (Å²) in [7, 11) is -3.19. The second-order valence-electron chi connectivity index (χ2n) is 5.20. The van der Waals surface area contributed by atoms with Gasteiger partial charge in [-0.2, -0.15) is 4.31 Å². The summed E-state index contributed by atoms with van der Waals surface area (Å²) in [5.74, 6) is 0. The zero-order chi connectivity index (χ0) is 11.8. The molecule has 6 heteroatoms. The van der Waals surface area contributed by atoms with Gasteiger partial charge in [-0.3, -0.25) is 0 Å². The second-order valence-corrected chi connectivity index (χ2v) is 7.72. The van der Waals surface area contributed by atoms with Crippen LogP contribution in [0.1, 0.15) is 20.3 Å². The van der Waals surface area contributed by atoms with Crippen molar-refractivity contribution in [2.45, 2.75) is 31.1 Å². The Labute approximate surface area is 97.6 Å². The quantitative estimate of drug-likeness (QED) is 0.647. The fourth-order valence-electron chi connectivity index (χ4n) is 2.37. The average Bonchev–Trinajstić information content (AvgIpc) is 2.66. The Morgan fingerprint density at radius 2 is 2.00 bits per heavy atom. The van der Waals surface area contributed by atoms with Gasteiger partial charge in [-0.05, 0) is 26.8 Å². The van der Waals surface area contributed by atoms with E-state index < -0.39 is 14.8 Å². The highest BCUT2D eigenvalue weighted by Crippen LogP contribution is 2.25. The number of sulfonamides is 1. The van der Waals surface area contributed by atoms with E-state index in [1.165, 1.54) is 0 Å². The standard InChI is InChI=1S/C10H21N3O2S/c1-10(2)8-12-5-6-13(16(10,14)15)9-3-4-11-7-9/h9,11-12H,3-8H2,1-2H3. The molecule has 0 radical (unpaired) electrons. The van der Waals surface area contributed by atoms with Crippen LogP contribution in [0.3, 0.4) is 0 Å². The molecule has 2 aliphatic heterocycles. The van der Waals surface area contributed by atoms with Gasteiger partial charge in [0.15, 0.2) is 0 Å². The first-order chi connectivity index (χ1) is 7.45. The Bertz CT molecular complexity index is 347. The van der Waals surface area contributed by atoms with Gasteiger partial charge in [0.25, 0.3) is 0 Å². The van der Waals surface area contributed by atoms with Crippen molar-refractivity contribution in [3.05, 3.63) is 0 Å². The van der Waals surface area contributed by atoms with Crippen LogP contribution in [0.25, 0.3) is 0 Å². The van der Waals surface area contributed by atoms with Crippen LogP contribution in [0.2, 0.25) is 0 Å². The van der Waals surface area contributed by atoms with Crippen LogP contribution in [0.4, 0.5) is 0 Å². The van der Waals surface area contributed by atoms with Crippen molar-refractivity contribution in [1.82, 2.24) is 14.9 Å². The molecule has 0 spiro atoms. The molecular weight excluding hydrogens is 226 g/mol. The molecule has 0 saturated carbocycles.